The number of hydrogen-bond donors (Lipinski definition) is 1. The second-order valence-electron chi connectivity index (χ2n) is 8.23. The molecule has 0 spiro atoms. The van der Waals surface area contributed by atoms with E-state index in [0.29, 0.717) is 18.9 Å². The standard InChI is InChI=1S/C25H26N2O4/c1-5-12-27-15-19(14-26-31-17-24(28)29)22-13-21(10-11-23(22)27)30-16-18-6-8-20(9-7-18)25(2,3)4/h1,6-11,13-15H,12,16-17H2,2-4H3,(H,28,29). The molecule has 1 N–H and O–H groups in total. The van der Waals surface area contributed by atoms with Crippen LogP contribution >= 0.6 is 0 Å². The Labute approximate surface area is 182 Å². The van der Waals surface area contributed by atoms with Crippen molar-refractivity contribution < 1.29 is 19.5 Å². The van der Waals surface area contributed by atoms with Crippen LogP contribution in [-0.2, 0) is 28.2 Å². The normalized spacial score (nSPS) is 11.5. The van der Waals surface area contributed by atoms with Crippen molar-refractivity contribution >= 4 is 23.1 Å². The molecule has 0 bridgehead atoms. The van der Waals surface area contributed by atoms with E-state index in [-0.39, 0.29) is 5.41 Å². The predicted octanol–water partition coefficient (Wildman–Crippen LogP) is 4.59. The lowest BCUT2D eigenvalue weighted by Gasteiger charge is -2.19. The summed E-state index contributed by atoms with van der Waals surface area (Å²) in [6.07, 6.45) is 8.81. The van der Waals surface area contributed by atoms with Gasteiger partial charge >= 0.3 is 5.97 Å². The largest absolute Gasteiger partial charge is 0.489 e. The Bertz CT molecular complexity index is 1130. The maximum absolute atomic E-state index is 10.6. The number of benzene rings is 2. The number of carboxylic acid groups (broad SMARTS) is 1. The van der Waals surface area contributed by atoms with Gasteiger partial charge in [-0.2, -0.15) is 0 Å². The molecule has 0 aliphatic rings. The third-order valence-corrected chi connectivity index (χ3v) is 4.82. The first kappa shape index (κ1) is 22.0. The Morgan fingerprint density at radius 3 is 2.61 bits per heavy atom. The molecule has 3 aromatic rings. The monoisotopic (exact) mass is 418 g/mol. The molecule has 2 aromatic carbocycles. The number of rotatable bonds is 8. The molecule has 0 saturated carbocycles. The van der Waals surface area contributed by atoms with Crippen LogP contribution in [0.5, 0.6) is 5.75 Å². The molecule has 6 heteroatoms. The minimum atomic E-state index is -1.09. The van der Waals surface area contributed by atoms with Crippen molar-refractivity contribution in [3.63, 3.8) is 0 Å². The molecule has 0 aliphatic heterocycles. The van der Waals surface area contributed by atoms with Gasteiger partial charge in [-0.3, -0.25) is 0 Å². The maximum Gasteiger partial charge on any atom is 0.344 e. The minimum absolute atomic E-state index is 0.113. The summed E-state index contributed by atoms with van der Waals surface area (Å²) in [6.45, 7) is 6.92. The molecule has 0 unspecified atom stereocenters. The first-order valence-electron chi connectivity index (χ1n) is 9.93. The lowest BCUT2D eigenvalue weighted by atomic mass is 9.87. The van der Waals surface area contributed by atoms with Crippen LogP contribution in [0.2, 0.25) is 0 Å². The van der Waals surface area contributed by atoms with Crippen molar-refractivity contribution in [2.45, 2.75) is 39.3 Å². The average Bonchev–Trinajstić information content (AvgIpc) is 3.06. The van der Waals surface area contributed by atoms with Gasteiger partial charge in [-0.15, -0.1) is 6.42 Å². The van der Waals surface area contributed by atoms with E-state index in [4.69, 9.17) is 21.1 Å². The molecule has 1 heterocycles. The van der Waals surface area contributed by atoms with E-state index in [1.54, 1.807) is 0 Å². The van der Waals surface area contributed by atoms with Gasteiger partial charge in [0.2, 0.25) is 6.61 Å². The summed E-state index contributed by atoms with van der Waals surface area (Å²) < 4.78 is 7.92. The Morgan fingerprint density at radius 2 is 1.97 bits per heavy atom. The molecule has 160 valence electrons. The van der Waals surface area contributed by atoms with E-state index in [1.807, 2.05) is 29.0 Å². The van der Waals surface area contributed by atoms with Gasteiger partial charge < -0.3 is 19.2 Å². The van der Waals surface area contributed by atoms with Gasteiger partial charge in [0.15, 0.2) is 0 Å². The van der Waals surface area contributed by atoms with Crippen LogP contribution in [0.1, 0.15) is 37.5 Å². The third kappa shape index (κ3) is 5.67. The summed E-state index contributed by atoms with van der Waals surface area (Å²) in [6, 6.07) is 14.2. The molecule has 0 radical (unpaired) electrons. The molecule has 0 amide bonds. The number of nitrogens with zero attached hydrogens (tertiary/aromatic N) is 2. The molecule has 0 atom stereocenters. The zero-order chi connectivity index (χ0) is 22.4. The number of hydrogen-bond acceptors (Lipinski definition) is 4. The number of carboxylic acids is 1. The van der Waals surface area contributed by atoms with E-state index in [1.165, 1.54) is 11.8 Å². The number of carbonyl (C=O) groups is 1. The predicted molar refractivity (Wildman–Crippen MR) is 121 cm³/mol. The summed E-state index contributed by atoms with van der Waals surface area (Å²) in [5.74, 6) is 2.26. The van der Waals surface area contributed by atoms with Crippen molar-refractivity contribution in [1.29, 1.82) is 0 Å². The van der Waals surface area contributed by atoms with E-state index < -0.39 is 12.6 Å². The highest BCUT2D eigenvalue weighted by molar-refractivity contribution is 6.00. The molecule has 0 fully saturated rings. The number of fused-ring (bicyclic) bond motifs is 1. The Balaban J connectivity index is 1.79. The molecule has 31 heavy (non-hydrogen) atoms. The first-order valence-corrected chi connectivity index (χ1v) is 9.93. The van der Waals surface area contributed by atoms with Crippen LogP contribution in [0.15, 0.2) is 53.8 Å². The van der Waals surface area contributed by atoms with Crippen LogP contribution in [0.25, 0.3) is 10.9 Å². The lowest BCUT2D eigenvalue weighted by Crippen LogP contribution is -2.10. The topological polar surface area (TPSA) is 73.1 Å². The average molecular weight is 418 g/mol. The highest BCUT2D eigenvalue weighted by Gasteiger charge is 2.13. The van der Waals surface area contributed by atoms with Crippen LogP contribution in [-0.4, -0.2) is 28.5 Å². The highest BCUT2D eigenvalue weighted by atomic mass is 16.6. The van der Waals surface area contributed by atoms with Gasteiger partial charge in [-0.05, 0) is 34.7 Å². The van der Waals surface area contributed by atoms with Gasteiger partial charge in [0.25, 0.3) is 0 Å². The second kappa shape index (κ2) is 9.40. The van der Waals surface area contributed by atoms with Gasteiger partial charge in [0.1, 0.15) is 12.4 Å². The van der Waals surface area contributed by atoms with Crippen LogP contribution < -0.4 is 4.74 Å². The zero-order valence-electron chi connectivity index (χ0n) is 18.0. The fourth-order valence-electron chi connectivity index (χ4n) is 3.18. The fraction of sp³-hybridized carbons (Fsp3) is 0.280. The number of terminal acetylenes is 1. The molecule has 0 saturated heterocycles. The van der Waals surface area contributed by atoms with Crippen molar-refractivity contribution in [1.82, 2.24) is 4.57 Å². The molecular weight excluding hydrogens is 392 g/mol. The van der Waals surface area contributed by atoms with E-state index in [9.17, 15) is 4.79 Å². The summed E-state index contributed by atoms with van der Waals surface area (Å²) in [4.78, 5) is 15.3. The van der Waals surface area contributed by atoms with Crippen molar-refractivity contribution in [2.24, 2.45) is 5.16 Å². The highest BCUT2D eigenvalue weighted by Crippen LogP contribution is 2.27. The second-order valence-corrected chi connectivity index (χ2v) is 8.23. The maximum atomic E-state index is 10.6. The van der Waals surface area contributed by atoms with Gasteiger partial charge in [-0.1, -0.05) is 56.1 Å². The molecule has 3 rings (SSSR count). The Hall–Kier alpha value is -3.72. The summed E-state index contributed by atoms with van der Waals surface area (Å²) in [5.41, 5.74) is 4.17. The minimum Gasteiger partial charge on any atom is -0.489 e. The van der Waals surface area contributed by atoms with Crippen LogP contribution in [0, 0.1) is 12.3 Å². The Morgan fingerprint density at radius 1 is 1.23 bits per heavy atom. The smallest absolute Gasteiger partial charge is 0.344 e. The number of ether oxygens (including phenoxy) is 1. The molecule has 0 aliphatic carbocycles. The van der Waals surface area contributed by atoms with Gasteiger partial charge in [-0.25, -0.2) is 4.79 Å². The van der Waals surface area contributed by atoms with Gasteiger partial charge in [0.05, 0.1) is 12.8 Å². The number of oxime groups is 1. The van der Waals surface area contributed by atoms with E-state index >= 15 is 0 Å². The molecule has 6 nitrogen and oxygen atoms in total. The van der Waals surface area contributed by atoms with Crippen LogP contribution in [0.4, 0.5) is 0 Å². The lowest BCUT2D eigenvalue weighted by molar-refractivity contribution is -0.142. The fourth-order valence-corrected chi connectivity index (χ4v) is 3.18. The zero-order valence-corrected chi connectivity index (χ0v) is 18.0. The van der Waals surface area contributed by atoms with Gasteiger partial charge in [0, 0.05) is 22.7 Å². The van der Waals surface area contributed by atoms with E-state index in [2.05, 4.69) is 56.1 Å². The van der Waals surface area contributed by atoms with Crippen molar-refractivity contribution in [3.05, 3.63) is 65.4 Å². The Kier molecular flexibility index (Phi) is 6.66. The quantitative estimate of drug-likeness (QED) is 0.330. The van der Waals surface area contributed by atoms with Crippen molar-refractivity contribution in [2.75, 3.05) is 6.61 Å². The summed E-state index contributed by atoms with van der Waals surface area (Å²) in [7, 11) is 0. The van der Waals surface area contributed by atoms with Crippen LogP contribution in [0.3, 0.4) is 0 Å². The third-order valence-electron chi connectivity index (χ3n) is 4.82. The van der Waals surface area contributed by atoms with Crippen molar-refractivity contribution in [3.8, 4) is 18.1 Å². The van der Waals surface area contributed by atoms with E-state index in [0.717, 1.165) is 22.0 Å². The summed E-state index contributed by atoms with van der Waals surface area (Å²) in [5, 5.41) is 13.3. The summed E-state index contributed by atoms with van der Waals surface area (Å²) >= 11 is 0. The number of aromatic nitrogens is 1. The number of aliphatic carboxylic acids is 1. The molecule has 1 aromatic heterocycles. The molecular formula is C25H26N2O4. The first-order chi connectivity index (χ1) is 14.8. The SMILES string of the molecule is C#CCn1cc(C=NOCC(=O)O)c2cc(OCc3ccc(C(C)(C)C)cc3)ccc21.